The van der Waals surface area contributed by atoms with Crippen LogP contribution in [0.25, 0.3) is 0 Å². The van der Waals surface area contributed by atoms with Crippen LogP contribution in [0.15, 0.2) is 62.9 Å². The van der Waals surface area contributed by atoms with Gasteiger partial charge in [-0.15, -0.1) is 11.3 Å². The quantitative estimate of drug-likeness (QED) is 0.399. The summed E-state index contributed by atoms with van der Waals surface area (Å²) < 4.78 is 12.2. The molecule has 168 valence electrons. The van der Waals surface area contributed by atoms with Crippen molar-refractivity contribution in [3.8, 4) is 11.5 Å². The summed E-state index contributed by atoms with van der Waals surface area (Å²) >= 11 is 1.67. The number of hydrogen-bond donors (Lipinski definition) is 2. The van der Waals surface area contributed by atoms with Gasteiger partial charge in [-0.25, -0.2) is 9.98 Å². The fraction of sp³-hybridized carbons (Fsp3) is 0.273. The van der Waals surface area contributed by atoms with Crippen LogP contribution in [0.1, 0.15) is 10.4 Å². The number of amidine groups is 1. The number of rotatable bonds is 8. The maximum absolute atomic E-state index is 12.5. The molecule has 0 aliphatic heterocycles. The van der Waals surface area contributed by atoms with Crippen molar-refractivity contribution in [2.45, 2.75) is 19.4 Å². The first-order valence-corrected chi connectivity index (χ1v) is 10.8. The maximum atomic E-state index is 12.5. The number of benzene rings is 1. The lowest BCUT2D eigenvalue weighted by atomic mass is 10.1. The van der Waals surface area contributed by atoms with E-state index in [-0.39, 0.29) is 11.5 Å². The van der Waals surface area contributed by atoms with E-state index in [9.17, 15) is 4.79 Å². The number of guanidine groups is 1. The molecule has 0 amide bonds. The molecule has 0 saturated heterocycles. The highest BCUT2D eigenvalue weighted by atomic mass is 32.1. The second kappa shape index (κ2) is 11.1. The largest absolute Gasteiger partial charge is 0.493 e. The van der Waals surface area contributed by atoms with E-state index < -0.39 is 0 Å². The van der Waals surface area contributed by atoms with Gasteiger partial charge in [0.1, 0.15) is 11.7 Å². The van der Waals surface area contributed by atoms with Gasteiger partial charge in [0.05, 0.1) is 20.5 Å². The van der Waals surface area contributed by atoms with Gasteiger partial charge < -0.3 is 20.5 Å². The van der Waals surface area contributed by atoms with Crippen LogP contribution in [-0.4, -0.2) is 42.6 Å². The molecule has 0 saturated carbocycles. The van der Waals surface area contributed by atoms with E-state index in [1.165, 1.54) is 17.3 Å². The number of hydrogen-bond acceptors (Lipinski definition) is 6. The Bertz CT molecular complexity index is 1150. The summed E-state index contributed by atoms with van der Waals surface area (Å²) in [6.07, 6.45) is 2.70. The van der Waals surface area contributed by atoms with Crippen LogP contribution in [0.3, 0.4) is 0 Å². The molecule has 0 fully saturated rings. The van der Waals surface area contributed by atoms with Crippen LogP contribution in [0.2, 0.25) is 0 Å². The number of aromatic nitrogens is 2. The molecule has 1 aromatic carbocycles. The molecule has 0 spiro atoms. The molecule has 32 heavy (non-hydrogen) atoms. The van der Waals surface area contributed by atoms with Gasteiger partial charge in [0.15, 0.2) is 11.5 Å². The fourth-order valence-electron chi connectivity index (χ4n) is 2.98. The second-order valence-corrected chi connectivity index (χ2v) is 7.80. The Morgan fingerprint density at radius 2 is 2.03 bits per heavy atom. The third-order valence-electron chi connectivity index (χ3n) is 4.63. The van der Waals surface area contributed by atoms with Crippen molar-refractivity contribution in [3.63, 3.8) is 0 Å². The third kappa shape index (κ3) is 6.17. The van der Waals surface area contributed by atoms with Gasteiger partial charge in [-0.05, 0) is 35.6 Å². The van der Waals surface area contributed by atoms with Crippen molar-refractivity contribution in [3.05, 3.63) is 68.9 Å². The van der Waals surface area contributed by atoms with Gasteiger partial charge >= 0.3 is 0 Å². The molecule has 10 heteroatoms. The minimum absolute atomic E-state index is 0.109. The van der Waals surface area contributed by atoms with Crippen molar-refractivity contribution in [2.75, 3.05) is 26.6 Å². The van der Waals surface area contributed by atoms with E-state index in [4.69, 9.17) is 15.2 Å². The summed E-state index contributed by atoms with van der Waals surface area (Å²) in [6.45, 7) is 0.564. The van der Waals surface area contributed by atoms with E-state index in [0.29, 0.717) is 36.1 Å². The Morgan fingerprint density at radius 1 is 1.22 bits per heavy atom. The normalized spacial score (nSPS) is 12.0. The number of anilines is 1. The molecule has 3 rings (SSSR count). The predicted molar refractivity (Wildman–Crippen MR) is 128 cm³/mol. The van der Waals surface area contributed by atoms with Crippen LogP contribution in [0, 0.1) is 0 Å². The molecule has 0 bridgehead atoms. The van der Waals surface area contributed by atoms with E-state index in [0.717, 1.165) is 12.0 Å². The van der Waals surface area contributed by atoms with E-state index in [1.54, 1.807) is 37.2 Å². The highest BCUT2D eigenvalue weighted by Crippen LogP contribution is 2.27. The summed E-state index contributed by atoms with van der Waals surface area (Å²) in [5.74, 6) is 2.21. The SMILES string of the molecule is CN=C(N)N=C(Cc1ccc(OC)c(OC)c1)Nc1cc(=O)n(CCc2cccs2)cn1. The molecule has 0 aliphatic rings. The maximum Gasteiger partial charge on any atom is 0.255 e. The number of nitrogens with zero attached hydrogens (tertiary/aromatic N) is 4. The van der Waals surface area contributed by atoms with Gasteiger partial charge in [-0.3, -0.25) is 14.4 Å². The molecule has 3 aromatic rings. The van der Waals surface area contributed by atoms with E-state index in [2.05, 4.69) is 26.4 Å². The number of aliphatic imine (C=N–C) groups is 2. The Morgan fingerprint density at radius 3 is 2.69 bits per heavy atom. The highest BCUT2D eigenvalue weighted by molar-refractivity contribution is 7.09. The van der Waals surface area contributed by atoms with Crippen molar-refractivity contribution in [1.29, 1.82) is 0 Å². The van der Waals surface area contributed by atoms with Gasteiger partial charge in [0.25, 0.3) is 5.56 Å². The average Bonchev–Trinajstić information content (AvgIpc) is 3.32. The summed E-state index contributed by atoms with van der Waals surface area (Å²) in [7, 11) is 4.71. The van der Waals surface area contributed by atoms with Gasteiger partial charge in [0, 0.05) is 31.0 Å². The molecule has 9 nitrogen and oxygen atoms in total. The molecule has 2 heterocycles. The van der Waals surface area contributed by atoms with Crippen molar-refractivity contribution < 1.29 is 9.47 Å². The molecule has 0 atom stereocenters. The minimum atomic E-state index is -0.151. The molecule has 0 radical (unpaired) electrons. The number of thiophene rings is 1. The van der Waals surface area contributed by atoms with Gasteiger partial charge in [-0.1, -0.05) is 12.1 Å². The third-order valence-corrected chi connectivity index (χ3v) is 5.57. The molecule has 0 aliphatic carbocycles. The van der Waals surface area contributed by atoms with E-state index in [1.807, 2.05) is 29.6 Å². The van der Waals surface area contributed by atoms with Crippen molar-refractivity contribution >= 4 is 28.9 Å². The summed E-state index contributed by atoms with van der Waals surface area (Å²) in [5.41, 5.74) is 6.57. The second-order valence-electron chi connectivity index (χ2n) is 6.77. The van der Waals surface area contributed by atoms with Crippen molar-refractivity contribution in [2.24, 2.45) is 15.7 Å². The zero-order valence-electron chi connectivity index (χ0n) is 18.2. The number of nitrogens with one attached hydrogen (secondary N) is 1. The Balaban J connectivity index is 1.78. The van der Waals surface area contributed by atoms with E-state index >= 15 is 0 Å². The summed E-state index contributed by atoms with van der Waals surface area (Å²) in [4.78, 5) is 26.3. The number of methoxy groups -OCH3 is 2. The lowest BCUT2D eigenvalue weighted by Crippen LogP contribution is -2.25. The first kappa shape index (κ1) is 23.0. The fourth-order valence-corrected chi connectivity index (χ4v) is 3.68. The lowest BCUT2D eigenvalue weighted by molar-refractivity contribution is 0.354. The topological polar surface area (TPSA) is 116 Å². The standard InChI is InChI=1S/C22H26N6O3S/c1-24-22(23)27-20(12-15-6-7-17(30-2)18(11-15)31-3)26-19-13-21(29)28(14-25-19)9-8-16-5-4-10-32-16/h4-7,10-11,13-14H,8-9,12H2,1-3H3,(H3,23,24,26,27). The summed E-state index contributed by atoms with van der Waals surface area (Å²) in [6, 6.07) is 11.1. The molecular weight excluding hydrogens is 428 g/mol. The van der Waals surface area contributed by atoms with Crippen molar-refractivity contribution in [1.82, 2.24) is 9.55 Å². The van der Waals surface area contributed by atoms with Gasteiger partial charge in [0.2, 0.25) is 5.96 Å². The highest BCUT2D eigenvalue weighted by Gasteiger charge is 2.10. The number of ether oxygens (including phenoxy) is 2. The Kier molecular flexibility index (Phi) is 7.98. The zero-order valence-corrected chi connectivity index (χ0v) is 19.1. The molecule has 0 unspecified atom stereocenters. The summed E-state index contributed by atoms with van der Waals surface area (Å²) in [5, 5.41) is 5.11. The first-order valence-electron chi connectivity index (χ1n) is 9.89. The van der Waals surface area contributed by atoms with Gasteiger partial charge in [-0.2, -0.15) is 0 Å². The Labute approximate surface area is 190 Å². The van der Waals surface area contributed by atoms with Crippen LogP contribution in [-0.2, 0) is 19.4 Å². The zero-order chi connectivity index (χ0) is 22.9. The van der Waals surface area contributed by atoms with Crippen LogP contribution in [0.4, 0.5) is 5.82 Å². The lowest BCUT2D eigenvalue weighted by Gasteiger charge is -2.13. The minimum Gasteiger partial charge on any atom is -0.493 e. The van der Waals surface area contributed by atoms with Crippen LogP contribution < -0.4 is 26.1 Å². The first-order chi connectivity index (χ1) is 15.5. The monoisotopic (exact) mass is 454 g/mol. The predicted octanol–water partition coefficient (Wildman–Crippen LogP) is 2.56. The Hall–Kier alpha value is -3.66. The molecule has 2 aromatic heterocycles. The molecular formula is C22H26N6O3S. The molecule has 3 N–H and O–H groups in total. The van der Waals surface area contributed by atoms with Crippen LogP contribution >= 0.6 is 11.3 Å². The number of nitrogens with two attached hydrogens (primary N) is 1. The number of aryl methyl sites for hydroxylation is 2. The van der Waals surface area contributed by atoms with Crippen LogP contribution in [0.5, 0.6) is 11.5 Å². The average molecular weight is 455 g/mol. The smallest absolute Gasteiger partial charge is 0.255 e.